The average Bonchev–Trinajstić information content (AvgIpc) is 3.34. The summed E-state index contributed by atoms with van der Waals surface area (Å²) < 4.78 is 25.5. The summed E-state index contributed by atoms with van der Waals surface area (Å²) in [6, 6.07) is 20.8. The van der Waals surface area contributed by atoms with Crippen LogP contribution in [0.15, 0.2) is 66.9 Å². The third-order valence-electron chi connectivity index (χ3n) is 6.47. The maximum Gasteiger partial charge on any atom is 0.231 e. The minimum atomic E-state index is 0.289. The van der Waals surface area contributed by atoms with Crippen molar-refractivity contribution in [3.05, 3.63) is 72.4 Å². The molecule has 6 rings (SSSR count). The topological polar surface area (TPSA) is 52.8 Å². The number of ether oxygens (including phenoxy) is 4. The second kappa shape index (κ2) is 8.78. The van der Waals surface area contributed by atoms with E-state index in [2.05, 4.69) is 52.5 Å². The lowest BCUT2D eigenvalue weighted by atomic mass is 9.95. The van der Waals surface area contributed by atoms with Gasteiger partial charge in [-0.05, 0) is 53.8 Å². The Labute approximate surface area is 198 Å². The first kappa shape index (κ1) is 20.7. The van der Waals surface area contributed by atoms with Crippen LogP contribution >= 0.6 is 0 Å². The van der Waals surface area contributed by atoms with Gasteiger partial charge in [0.1, 0.15) is 0 Å². The normalized spacial score (nSPS) is 13.3. The van der Waals surface area contributed by atoms with Crippen molar-refractivity contribution < 1.29 is 23.5 Å². The molecule has 0 radical (unpaired) electrons. The number of hydrogen-bond acceptors (Lipinski definition) is 5. The van der Waals surface area contributed by atoms with Crippen molar-refractivity contribution in [3.63, 3.8) is 0 Å². The van der Waals surface area contributed by atoms with Crippen LogP contribution in [-0.2, 0) is 13.0 Å². The van der Waals surface area contributed by atoms with Gasteiger partial charge >= 0.3 is 0 Å². The molecule has 6 heteroatoms. The minimum absolute atomic E-state index is 0.289. The smallest absolute Gasteiger partial charge is 0.231 e. The molecule has 4 aromatic rings. The van der Waals surface area contributed by atoms with Crippen LogP contribution in [0.1, 0.15) is 12.0 Å². The predicted octanol–water partition coefficient (Wildman–Crippen LogP) is 4.97. The SMILES string of the molecule is COc1ccc2cc3[n+](cc2c1OCCCNc1ccccc1)CCc1cc2c(cc1-3)OCO2. The van der Waals surface area contributed by atoms with Gasteiger partial charge in [-0.25, -0.2) is 0 Å². The summed E-state index contributed by atoms with van der Waals surface area (Å²) in [5.41, 5.74) is 4.79. The quantitative estimate of drug-likeness (QED) is 0.315. The van der Waals surface area contributed by atoms with E-state index >= 15 is 0 Å². The van der Waals surface area contributed by atoms with E-state index in [1.807, 2.05) is 24.3 Å². The van der Waals surface area contributed by atoms with Crippen molar-refractivity contribution in [2.75, 3.05) is 32.4 Å². The summed E-state index contributed by atoms with van der Waals surface area (Å²) in [5, 5.41) is 5.61. The first-order chi connectivity index (χ1) is 16.8. The molecule has 34 heavy (non-hydrogen) atoms. The summed E-state index contributed by atoms with van der Waals surface area (Å²) in [6.45, 7) is 2.63. The number of hydrogen-bond donors (Lipinski definition) is 1. The molecule has 172 valence electrons. The highest BCUT2D eigenvalue weighted by Crippen LogP contribution is 2.41. The third kappa shape index (κ3) is 3.75. The Morgan fingerprint density at radius 2 is 1.85 bits per heavy atom. The zero-order valence-corrected chi connectivity index (χ0v) is 19.2. The number of fused-ring (bicyclic) bond motifs is 5. The Morgan fingerprint density at radius 1 is 1.00 bits per heavy atom. The van der Waals surface area contributed by atoms with E-state index in [1.54, 1.807) is 7.11 Å². The van der Waals surface area contributed by atoms with E-state index in [9.17, 15) is 0 Å². The lowest BCUT2D eigenvalue weighted by Crippen LogP contribution is -2.40. The van der Waals surface area contributed by atoms with Gasteiger partial charge in [-0.2, -0.15) is 4.57 Å². The second-order valence-corrected chi connectivity index (χ2v) is 8.56. The molecule has 0 saturated heterocycles. The highest BCUT2D eigenvalue weighted by molar-refractivity contribution is 5.91. The summed E-state index contributed by atoms with van der Waals surface area (Å²) in [4.78, 5) is 0. The Balaban J connectivity index is 1.27. The predicted molar refractivity (Wildman–Crippen MR) is 131 cm³/mol. The minimum Gasteiger partial charge on any atom is -0.493 e. The molecule has 2 aliphatic heterocycles. The summed E-state index contributed by atoms with van der Waals surface area (Å²) >= 11 is 0. The summed E-state index contributed by atoms with van der Waals surface area (Å²) in [7, 11) is 1.69. The second-order valence-electron chi connectivity index (χ2n) is 8.56. The van der Waals surface area contributed by atoms with E-state index in [4.69, 9.17) is 18.9 Å². The molecule has 3 aromatic carbocycles. The number of nitrogens with zero attached hydrogens (tertiary/aromatic N) is 1. The highest BCUT2D eigenvalue weighted by atomic mass is 16.7. The number of methoxy groups -OCH3 is 1. The molecule has 0 atom stereocenters. The van der Waals surface area contributed by atoms with Gasteiger partial charge in [-0.3, -0.25) is 0 Å². The zero-order chi connectivity index (χ0) is 22.9. The Bertz CT molecular complexity index is 1350. The molecule has 1 N–H and O–H groups in total. The number of nitrogens with one attached hydrogen (secondary N) is 1. The van der Waals surface area contributed by atoms with Gasteiger partial charge in [0, 0.05) is 24.7 Å². The molecule has 0 fully saturated rings. The van der Waals surface area contributed by atoms with Crippen LogP contribution in [0.2, 0.25) is 0 Å². The lowest BCUT2D eigenvalue weighted by Gasteiger charge is -2.18. The molecule has 6 nitrogen and oxygen atoms in total. The van der Waals surface area contributed by atoms with Crippen LogP contribution in [0.3, 0.4) is 0 Å². The Hall–Kier alpha value is -3.93. The van der Waals surface area contributed by atoms with E-state index < -0.39 is 0 Å². The number of aromatic nitrogens is 1. The Morgan fingerprint density at radius 3 is 2.71 bits per heavy atom. The summed E-state index contributed by atoms with van der Waals surface area (Å²) in [5.74, 6) is 3.21. The molecule has 0 bridgehead atoms. The standard InChI is InChI=1S/C28H27N2O4/c1-31-25-9-8-19-14-24-22-16-27-26(33-18-34-27)15-20(22)10-12-30(24)17-23(19)28(25)32-13-5-11-29-21-6-3-2-4-7-21/h2-4,6-9,14-17,29H,5,10-13,18H2,1H3/q+1. The first-order valence-electron chi connectivity index (χ1n) is 11.7. The fraction of sp³-hybridized carbons (Fsp3) is 0.250. The fourth-order valence-electron chi connectivity index (χ4n) is 4.74. The largest absolute Gasteiger partial charge is 0.493 e. The van der Waals surface area contributed by atoms with Crippen molar-refractivity contribution in [1.82, 2.24) is 0 Å². The highest BCUT2D eigenvalue weighted by Gasteiger charge is 2.28. The summed E-state index contributed by atoms with van der Waals surface area (Å²) in [6.07, 6.45) is 4.02. The number of para-hydroxylation sites is 1. The molecule has 0 unspecified atom stereocenters. The number of aryl methyl sites for hydroxylation is 2. The molecule has 1 aromatic heterocycles. The number of pyridine rings is 1. The number of benzene rings is 3. The molecular weight excluding hydrogens is 428 g/mol. The lowest BCUT2D eigenvalue weighted by molar-refractivity contribution is -0.686. The van der Waals surface area contributed by atoms with E-state index in [0.29, 0.717) is 6.61 Å². The van der Waals surface area contributed by atoms with Crippen molar-refractivity contribution in [2.45, 2.75) is 19.4 Å². The van der Waals surface area contributed by atoms with Crippen LogP contribution < -0.4 is 28.8 Å². The molecule has 0 amide bonds. The van der Waals surface area contributed by atoms with Gasteiger partial charge in [0.25, 0.3) is 0 Å². The zero-order valence-electron chi connectivity index (χ0n) is 19.2. The van der Waals surface area contributed by atoms with Gasteiger partial charge in [0.05, 0.1) is 24.7 Å². The maximum atomic E-state index is 6.29. The molecule has 2 aliphatic rings. The van der Waals surface area contributed by atoms with Gasteiger partial charge in [0.2, 0.25) is 12.5 Å². The molecule has 0 spiro atoms. The van der Waals surface area contributed by atoms with Crippen LogP contribution in [0, 0.1) is 0 Å². The van der Waals surface area contributed by atoms with Crippen LogP contribution in [0.5, 0.6) is 23.0 Å². The van der Waals surface area contributed by atoms with Crippen molar-refractivity contribution in [2.24, 2.45) is 0 Å². The van der Waals surface area contributed by atoms with Crippen LogP contribution in [0.4, 0.5) is 5.69 Å². The molecule has 0 aliphatic carbocycles. The van der Waals surface area contributed by atoms with Crippen molar-refractivity contribution >= 4 is 16.5 Å². The Kier molecular flexibility index (Phi) is 5.34. The molecule has 0 saturated carbocycles. The van der Waals surface area contributed by atoms with E-state index in [1.165, 1.54) is 16.8 Å². The molecule has 3 heterocycles. The van der Waals surface area contributed by atoms with Gasteiger partial charge in [-0.1, -0.05) is 18.2 Å². The van der Waals surface area contributed by atoms with Crippen molar-refractivity contribution in [1.29, 1.82) is 0 Å². The fourth-order valence-corrected chi connectivity index (χ4v) is 4.74. The van der Waals surface area contributed by atoms with Crippen LogP contribution in [-0.4, -0.2) is 27.1 Å². The molecular formula is C28H27N2O4+. The monoisotopic (exact) mass is 455 g/mol. The first-order valence-corrected chi connectivity index (χ1v) is 11.7. The maximum absolute atomic E-state index is 6.29. The van der Waals surface area contributed by atoms with Gasteiger partial charge in [0.15, 0.2) is 35.7 Å². The average molecular weight is 456 g/mol. The van der Waals surface area contributed by atoms with Gasteiger partial charge < -0.3 is 24.3 Å². The van der Waals surface area contributed by atoms with Crippen molar-refractivity contribution in [3.8, 4) is 34.3 Å². The number of anilines is 1. The third-order valence-corrected chi connectivity index (χ3v) is 6.47. The van der Waals surface area contributed by atoms with Crippen LogP contribution in [0.25, 0.3) is 22.0 Å². The van der Waals surface area contributed by atoms with Gasteiger partial charge in [-0.15, -0.1) is 0 Å². The van der Waals surface area contributed by atoms with E-state index in [-0.39, 0.29) is 6.79 Å². The number of rotatable bonds is 7. The van der Waals surface area contributed by atoms with E-state index in [0.717, 1.165) is 65.4 Å².